The topological polar surface area (TPSA) is 140 Å². The minimum Gasteiger partial charge on any atom is -0.450 e. The van der Waals surface area contributed by atoms with E-state index in [0.29, 0.717) is 0 Å². The number of ether oxygens (including phenoxy) is 1. The van der Waals surface area contributed by atoms with Gasteiger partial charge in [0.25, 0.3) is 0 Å². The van der Waals surface area contributed by atoms with Gasteiger partial charge in [-0.25, -0.2) is 13.2 Å². The number of rotatable bonds is 3. The Hall–Kier alpha value is -2.43. The van der Waals surface area contributed by atoms with E-state index < -0.39 is 38.2 Å². The van der Waals surface area contributed by atoms with E-state index in [9.17, 15) is 18.0 Å². The molecule has 2 saturated heterocycles. The number of amides is 1. The molecule has 118 valence electrons. The molecule has 3 heterocycles. The van der Waals surface area contributed by atoms with Crippen LogP contribution in [0.25, 0.3) is 6.08 Å². The largest absolute Gasteiger partial charge is 0.507 e. The van der Waals surface area contributed by atoms with Gasteiger partial charge in [-0.15, -0.1) is 0 Å². The quantitative estimate of drug-likeness (QED) is 0.592. The molecule has 0 saturated carbocycles. The van der Waals surface area contributed by atoms with Gasteiger partial charge in [-0.05, 0) is 13.0 Å². The summed E-state index contributed by atoms with van der Waals surface area (Å²) in [6.45, 7) is 1.29. The van der Waals surface area contributed by atoms with Crippen molar-refractivity contribution in [2.45, 2.75) is 29.7 Å². The first kappa shape index (κ1) is 14.5. The number of carboxylic acid groups (broad SMARTS) is 1. The maximum absolute atomic E-state index is 12.6. The van der Waals surface area contributed by atoms with E-state index in [1.165, 1.54) is 19.1 Å². The van der Waals surface area contributed by atoms with Crippen LogP contribution < -0.4 is 0 Å². The van der Waals surface area contributed by atoms with Crippen molar-refractivity contribution < 1.29 is 32.4 Å². The molecule has 0 bridgehead atoms. The van der Waals surface area contributed by atoms with E-state index in [1.54, 1.807) is 0 Å². The van der Waals surface area contributed by atoms with Gasteiger partial charge in [0.1, 0.15) is 10.1 Å². The third-order valence-electron chi connectivity index (χ3n) is 3.82. The summed E-state index contributed by atoms with van der Waals surface area (Å²) in [5, 5.41) is 11.2. The highest BCUT2D eigenvalue weighted by atomic mass is 32.2. The van der Waals surface area contributed by atoms with Gasteiger partial charge in [-0.3, -0.25) is 9.69 Å². The van der Waals surface area contributed by atoms with E-state index in [1.807, 2.05) is 0 Å². The predicted molar refractivity (Wildman–Crippen MR) is 68.8 cm³/mol. The number of fused-ring (bicyclic) bond motifs is 1. The first-order chi connectivity index (χ1) is 10.3. The van der Waals surface area contributed by atoms with Crippen LogP contribution in [0.4, 0.5) is 4.79 Å². The highest BCUT2D eigenvalue weighted by Crippen LogP contribution is 2.47. The summed E-state index contributed by atoms with van der Waals surface area (Å²) in [6.07, 6.45) is 0.242. The summed E-state index contributed by atoms with van der Waals surface area (Å²) in [5.41, 5.74) is 0. The van der Waals surface area contributed by atoms with Gasteiger partial charge in [0.15, 0.2) is 15.7 Å². The van der Waals surface area contributed by atoms with Crippen molar-refractivity contribution >= 4 is 28.0 Å². The average Bonchev–Trinajstić information content (AvgIpc) is 2.96. The Morgan fingerprint density at radius 1 is 1.64 bits per heavy atom. The molecule has 1 N–H and O–H groups in total. The van der Waals surface area contributed by atoms with E-state index >= 15 is 0 Å². The lowest BCUT2D eigenvalue weighted by atomic mass is 10.0. The van der Waals surface area contributed by atoms with Crippen molar-refractivity contribution in [1.82, 2.24) is 15.0 Å². The highest BCUT2D eigenvalue weighted by Gasteiger charge is 2.68. The van der Waals surface area contributed by atoms with Gasteiger partial charge in [0.05, 0.1) is 6.42 Å². The van der Waals surface area contributed by atoms with Crippen LogP contribution in [0.5, 0.6) is 0 Å². The smallest absolute Gasteiger partial charge is 0.450 e. The van der Waals surface area contributed by atoms with E-state index in [2.05, 4.69) is 19.4 Å². The van der Waals surface area contributed by atoms with Crippen molar-refractivity contribution in [1.29, 1.82) is 0 Å². The zero-order valence-electron chi connectivity index (χ0n) is 11.2. The Kier molecular flexibility index (Phi) is 2.99. The standard InChI is InChI=1S/C11H11N3O7S/c1-11(3-2-6-12-5-20-13-6)9(21-10(16)17)14-7(15)4-8(14)22(11,18)19/h2-3,5,8-9H,4H2,1H3,(H,16,17)/b3-2+/t8-,9+,11+/m1/s1. The van der Waals surface area contributed by atoms with Crippen molar-refractivity contribution in [2.24, 2.45) is 0 Å². The van der Waals surface area contributed by atoms with Gasteiger partial charge in [0.2, 0.25) is 18.5 Å². The van der Waals surface area contributed by atoms with Crippen molar-refractivity contribution in [2.75, 3.05) is 0 Å². The third kappa shape index (κ3) is 1.81. The van der Waals surface area contributed by atoms with E-state index in [0.717, 1.165) is 11.3 Å². The molecule has 0 aromatic carbocycles. The number of aromatic nitrogens is 2. The molecule has 3 rings (SSSR count). The lowest BCUT2D eigenvalue weighted by Gasteiger charge is -2.36. The van der Waals surface area contributed by atoms with E-state index in [-0.39, 0.29) is 12.2 Å². The van der Waals surface area contributed by atoms with Crippen molar-refractivity contribution in [3.63, 3.8) is 0 Å². The molecule has 1 amide bonds. The number of carbonyl (C=O) groups excluding carboxylic acids is 1. The SMILES string of the molecule is C[C@]1(/C=C/c2ncon2)[C@H](OC(=O)O)N2C(=O)C[C@H]2S1(=O)=O. The molecule has 10 nitrogen and oxygen atoms in total. The van der Waals surface area contributed by atoms with Crippen LogP contribution in [0.1, 0.15) is 19.2 Å². The summed E-state index contributed by atoms with van der Waals surface area (Å²) in [6, 6.07) is 0. The number of nitrogens with zero attached hydrogens (tertiary/aromatic N) is 3. The second kappa shape index (κ2) is 4.53. The van der Waals surface area contributed by atoms with Gasteiger partial charge >= 0.3 is 6.16 Å². The minimum absolute atomic E-state index is 0.117. The molecular formula is C11H11N3O7S. The minimum atomic E-state index is -3.86. The first-order valence-corrected chi connectivity index (χ1v) is 7.72. The zero-order chi connectivity index (χ0) is 16.1. The van der Waals surface area contributed by atoms with Crippen molar-refractivity contribution in [3.8, 4) is 0 Å². The molecule has 22 heavy (non-hydrogen) atoms. The fourth-order valence-corrected chi connectivity index (χ4v) is 4.77. The van der Waals surface area contributed by atoms with Crippen LogP contribution in [-0.2, 0) is 19.4 Å². The summed E-state index contributed by atoms with van der Waals surface area (Å²) >= 11 is 0. The van der Waals surface area contributed by atoms with Crippen LogP contribution in [0.15, 0.2) is 17.0 Å². The zero-order valence-corrected chi connectivity index (χ0v) is 12.1. The lowest BCUT2D eigenvalue weighted by molar-refractivity contribution is -0.156. The van der Waals surface area contributed by atoms with Crippen LogP contribution in [0.3, 0.4) is 0 Å². The van der Waals surface area contributed by atoms with Gasteiger partial charge in [-0.1, -0.05) is 11.2 Å². The molecular weight excluding hydrogens is 318 g/mol. The second-order valence-corrected chi connectivity index (χ2v) is 7.56. The highest BCUT2D eigenvalue weighted by molar-refractivity contribution is 7.94. The monoisotopic (exact) mass is 329 g/mol. The maximum Gasteiger partial charge on any atom is 0.507 e. The van der Waals surface area contributed by atoms with Crippen LogP contribution >= 0.6 is 0 Å². The Bertz CT molecular complexity index is 757. The fraction of sp³-hybridized carbons (Fsp3) is 0.455. The molecule has 1 aromatic rings. The maximum atomic E-state index is 12.6. The Morgan fingerprint density at radius 3 is 2.91 bits per heavy atom. The van der Waals surface area contributed by atoms with Gasteiger partial charge < -0.3 is 14.4 Å². The van der Waals surface area contributed by atoms with Crippen LogP contribution in [0, 0.1) is 0 Å². The number of sulfone groups is 1. The average molecular weight is 329 g/mol. The summed E-state index contributed by atoms with van der Waals surface area (Å²) in [4.78, 5) is 27.1. The van der Waals surface area contributed by atoms with Gasteiger partial charge in [0, 0.05) is 0 Å². The van der Waals surface area contributed by atoms with Crippen molar-refractivity contribution in [3.05, 3.63) is 18.3 Å². The summed E-state index contributed by atoms with van der Waals surface area (Å²) < 4.78 is 32.6. The molecule has 2 aliphatic rings. The fourth-order valence-electron chi connectivity index (χ4n) is 2.59. The molecule has 0 aliphatic carbocycles. The van der Waals surface area contributed by atoms with E-state index in [4.69, 9.17) is 5.11 Å². The Balaban J connectivity index is 2.04. The number of β-lactam (4-membered cyclic amide) rings is 1. The molecule has 11 heteroatoms. The molecule has 0 unspecified atom stereocenters. The molecule has 0 radical (unpaired) electrons. The molecule has 1 aromatic heterocycles. The Labute approximate surface area is 124 Å². The third-order valence-corrected chi connectivity index (χ3v) is 6.49. The lowest BCUT2D eigenvalue weighted by Crippen LogP contribution is -2.55. The molecule has 3 atom stereocenters. The van der Waals surface area contributed by atoms with Gasteiger partial charge in [-0.2, -0.15) is 4.98 Å². The molecule has 0 spiro atoms. The normalized spacial score (nSPS) is 32.8. The first-order valence-electron chi connectivity index (χ1n) is 6.17. The molecule has 2 aliphatic heterocycles. The Morgan fingerprint density at radius 2 is 2.36 bits per heavy atom. The molecule has 2 fully saturated rings. The predicted octanol–water partition coefficient (Wildman–Crippen LogP) is -0.151. The van der Waals surface area contributed by atoms with Crippen LogP contribution in [0.2, 0.25) is 0 Å². The number of hydrogen-bond acceptors (Lipinski definition) is 8. The number of carbonyl (C=O) groups is 2. The van der Waals surface area contributed by atoms with Crippen LogP contribution in [-0.4, -0.2) is 57.0 Å². The number of hydrogen-bond donors (Lipinski definition) is 1. The summed E-state index contributed by atoms with van der Waals surface area (Å²) in [5.74, 6) is -0.359. The second-order valence-electron chi connectivity index (χ2n) is 5.05. The summed E-state index contributed by atoms with van der Waals surface area (Å²) in [7, 11) is -3.86.